The molecule has 0 aliphatic heterocycles. The van der Waals surface area contributed by atoms with Crippen molar-refractivity contribution < 1.29 is 52.5 Å². The smallest absolute Gasteiger partial charge is 0.293 e. The van der Waals surface area contributed by atoms with Gasteiger partial charge in [0.25, 0.3) is 18.8 Å². The highest BCUT2D eigenvalue weighted by atomic mass is 35.5. The first kappa shape index (κ1) is 45.4. The van der Waals surface area contributed by atoms with Crippen molar-refractivity contribution in [2.75, 3.05) is 11.0 Å². The molecule has 64 heavy (non-hydrogen) atoms. The van der Waals surface area contributed by atoms with E-state index >= 15 is 8.78 Å². The van der Waals surface area contributed by atoms with Crippen LogP contribution in [-0.4, -0.2) is 71.6 Å². The molecule has 2 fully saturated rings. The maximum atomic E-state index is 15.5. The number of hydrogen-bond donors (Lipinski definition) is 2. The standard InChI is InChI=1S/C42H38ClF8N7O4S2/c1-41(2,63(3,4)60)12-11-23-5-8-25(26-9-10-29(43)34-37(26)57(18-31(46)47)55-40(34)56-64(61,62)24-6-7-24)35(52-23)30(15-20-13-21(44)16-22(45)14-20)53-32(59)19-58-38-33(36(54-58)39(48)49)27-17-28(27)42(38,50)51/h5,8-10,13-14,16,24,27-28,30-31,39H,3,6-7,15,17-19H2,1-2,4H3,(H,53,59)(H,55,56). The molecule has 4 atom stereocenters. The molecule has 5 aromatic rings. The number of amides is 1. The Labute approximate surface area is 367 Å². The number of anilines is 1. The van der Waals surface area contributed by atoms with Gasteiger partial charge in [0, 0.05) is 34.9 Å². The van der Waals surface area contributed by atoms with Crippen LogP contribution in [0.2, 0.25) is 5.02 Å². The Hall–Kier alpha value is -5.20. The van der Waals surface area contributed by atoms with Crippen molar-refractivity contribution in [2.45, 2.75) is 93.4 Å². The monoisotopic (exact) mass is 955 g/mol. The number of carbonyl (C=O) groups excluding carboxylic acids is 1. The van der Waals surface area contributed by atoms with Crippen molar-refractivity contribution in [3.05, 3.63) is 93.0 Å². The second-order valence-corrected chi connectivity index (χ2v) is 22.2. The van der Waals surface area contributed by atoms with Gasteiger partial charge < -0.3 is 5.32 Å². The molecule has 1 amide bonds. The highest BCUT2D eigenvalue weighted by Crippen LogP contribution is 2.68. The van der Waals surface area contributed by atoms with Gasteiger partial charge in [0.15, 0.2) is 5.82 Å². The lowest BCUT2D eigenvalue weighted by molar-refractivity contribution is -0.123. The topological polar surface area (TPSA) is 141 Å². The number of fused-ring (bicyclic) bond motifs is 4. The molecule has 22 heteroatoms. The Kier molecular flexibility index (Phi) is 11.4. The molecule has 2 saturated carbocycles. The first-order valence-corrected chi connectivity index (χ1v) is 23.8. The van der Waals surface area contributed by atoms with Gasteiger partial charge >= 0.3 is 0 Å². The predicted octanol–water partition coefficient (Wildman–Crippen LogP) is 8.12. The Balaban J connectivity index is 1.31. The summed E-state index contributed by atoms with van der Waals surface area (Å²) in [5.41, 5.74) is -2.23. The molecular weight excluding hydrogens is 918 g/mol. The van der Waals surface area contributed by atoms with Crippen LogP contribution in [0.25, 0.3) is 22.0 Å². The maximum Gasteiger partial charge on any atom is 0.293 e. The second kappa shape index (κ2) is 16.0. The summed E-state index contributed by atoms with van der Waals surface area (Å²) in [5, 5.41) is 9.65. The number of pyridine rings is 1. The normalized spacial score (nSPS) is 19.2. The maximum absolute atomic E-state index is 15.5. The molecule has 3 aliphatic carbocycles. The van der Waals surface area contributed by atoms with E-state index in [0.717, 1.165) is 16.8 Å². The summed E-state index contributed by atoms with van der Waals surface area (Å²) in [6.45, 7) is 1.09. The van der Waals surface area contributed by atoms with Crippen molar-refractivity contribution in [1.29, 1.82) is 0 Å². The quantitative estimate of drug-likeness (QED) is 0.0651. The van der Waals surface area contributed by atoms with Crippen LogP contribution in [0.1, 0.15) is 85.4 Å². The average Bonchev–Trinajstić information content (AvgIpc) is 4.10. The van der Waals surface area contributed by atoms with Crippen LogP contribution in [-0.2, 0) is 49.8 Å². The van der Waals surface area contributed by atoms with Crippen molar-refractivity contribution in [2.24, 2.45) is 5.92 Å². The molecule has 0 spiro atoms. The lowest BCUT2D eigenvalue weighted by Crippen LogP contribution is -2.35. The first-order valence-electron chi connectivity index (χ1n) is 19.7. The van der Waals surface area contributed by atoms with Gasteiger partial charge in [-0.05, 0) is 103 Å². The van der Waals surface area contributed by atoms with E-state index in [9.17, 15) is 43.8 Å². The summed E-state index contributed by atoms with van der Waals surface area (Å²) in [5.74, 6) is 0.336. The molecule has 3 heterocycles. The SMILES string of the molecule is C=S(C)(=O)C(C)(C)C#Cc1ccc(-c2ccc(Cl)c3c(NS(=O)(=O)C4CC4)nn(CC(F)F)c23)c(C(Cc2cc(F)cc(F)c2)NC(=O)Cn2nc(C(F)F)c3c2C(F)(F)C2CC32)n1. The molecule has 2 N–H and O–H groups in total. The number of nitrogens with zero attached hydrogens (tertiary/aromatic N) is 5. The number of hydrogen-bond acceptors (Lipinski definition) is 7. The summed E-state index contributed by atoms with van der Waals surface area (Å²) < 4.78 is 159. The van der Waals surface area contributed by atoms with Crippen LogP contribution in [0, 0.1) is 29.4 Å². The van der Waals surface area contributed by atoms with Crippen LogP contribution >= 0.6 is 11.6 Å². The number of halogens is 9. The summed E-state index contributed by atoms with van der Waals surface area (Å²) in [7, 11) is -6.81. The zero-order valence-corrected chi connectivity index (χ0v) is 36.4. The van der Waals surface area contributed by atoms with Crippen LogP contribution < -0.4 is 10.0 Å². The third-order valence-corrected chi connectivity index (χ3v) is 16.0. The molecule has 4 unspecified atom stereocenters. The third kappa shape index (κ3) is 8.55. The average molecular weight is 956 g/mol. The van der Waals surface area contributed by atoms with E-state index in [-0.39, 0.29) is 61.8 Å². The molecule has 0 bridgehead atoms. The third-order valence-electron chi connectivity index (χ3n) is 11.6. The van der Waals surface area contributed by atoms with E-state index in [0.29, 0.717) is 23.6 Å². The number of carbonyl (C=O) groups is 1. The fourth-order valence-corrected chi connectivity index (χ4v) is 9.77. The molecule has 0 saturated heterocycles. The molecule has 3 aromatic heterocycles. The first-order chi connectivity index (χ1) is 29.9. The molecule has 8 rings (SSSR count). The highest BCUT2D eigenvalue weighted by molar-refractivity contribution is 8.01. The van der Waals surface area contributed by atoms with E-state index in [4.69, 9.17) is 16.6 Å². The van der Waals surface area contributed by atoms with Crippen LogP contribution in [0.15, 0.2) is 42.5 Å². The van der Waals surface area contributed by atoms with E-state index in [1.165, 1.54) is 30.5 Å². The molecular formula is C42H38ClF8N7O4S2. The summed E-state index contributed by atoms with van der Waals surface area (Å²) in [6, 6.07) is 6.59. The number of nitrogens with one attached hydrogen (secondary N) is 2. The van der Waals surface area contributed by atoms with Gasteiger partial charge in [-0.25, -0.2) is 39.7 Å². The molecule has 340 valence electrons. The number of aromatic nitrogens is 5. The van der Waals surface area contributed by atoms with Crippen molar-refractivity contribution in [3.8, 4) is 23.0 Å². The van der Waals surface area contributed by atoms with Crippen LogP contribution in [0.3, 0.4) is 0 Å². The fourth-order valence-electron chi connectivity index (χ4n) is 7.92. The van der Waals surface area contributed by atoms with Gasteiger partial charge in [-0.3, -0.25) is 23.1 Å². The number of alkyl halides is 6. The molecule has 3 aliphatic rings. The minimum absolute atomic E-state index is 0.0188. The van der Waals surface area contributed by atoms with Gasteiger partial charge in [0.2, 0.25) is 15.9 Å². The summed E-state index contributed by atoms with van der Waals surface area (Å²) >= 11 is 6.65. The van der Waals surface area contributed by atoms with Gasteiger partial charge in [-0.1, -0.05) is 23.6 Å². The Morgan fingerprint density at radius 3 is 2.30 bits per heavy atom. The van der Waals surface area contributed by atoms with Gasteiger partial charge in [0.1, 0.15) is 41.8 Å². The predicted molar refractivity (Wildman–Crippen MR) is 225 cm³/mol. The Morgan fingerprint density at radius 1 is 1.00 bits per heavy atom. The fraction of sp³-hybridized carbons (Fsp3) is 0.405. The zero-order chi connectivity index (χ0) is 46.4. The minimum atomic E-state index is -4.02. The van der Waals surface area contributed by atoms with E-state index < -0.39 is 115 Å². The summed E-state index contributed by atoms with van der Waals surface area (Å²) in [6.07, 6.45) is -4.63. The van der Waals surface area contributed by atoms with Crippen molar-refractivity contribution in [3.63, 3.8) is 0 Å². The Bertz CT molecular complexity index is 3010. The molecule has 2 aromatic carbocycles. The zero-order valence-electron chi connectivity index (χ0n) is 34.0. The lowest BCUT2D eigenvalue weighted by Gasteiger charge is -2.23. The number of rotatable bonds is 14. The Morgan fingerprint density at radius 2 is 1.67 bits per heavy atom. The van der Waals surface area contributed by atoms with Crippen LogP contribution in [0.4, 0.5) is 40.9 Å². The van der Waals surface area contributed by atoms with E-state index in [2.05, 4.69) is 37.9 Å². The second-order valence-electron chi connectivity index (χ2n) is 16.8. The lowest BCUT2D eigenvalue weighted by atomic mass is 9.93. The number of benzene rings is 2. The molecule has 11 nitrogen and oxygen atoms in total. The minimum Gasteiger partial charge on any atom is -0.346 e. The van der Waals surface area contributed by atoms with Crippen molar-refractivity contribution in [1.82, 2.24) is 29.9 Å². The molecule has 0 radical (unpaired) electrons. The van der Waals surface area contributed by atoms with Crippen LogP contribution in [0.5, 0.6) is 0 Å². The summed E-state index contributed by atoms with van der Waals surface area (Å²) in [4.78, 5) is 18.8. The van der Waals surface area contributed by atoms with Gasteiger partial charge in [-0.2, -0.15) is 19.0 Å². The van der Waals surface area contributed by atoms with Gasteiger partial charge in [0.05, 0.1) is 37.7 Å². The van der Waals surface area contributed by atoms with E-state index in [1.807, 2.05) is 0 Å². The largest absolute Gasteiger partial charge is 0.346 e. The highest BCUT2D eigenvalue weighted by Gasteiger charge is 2.67. The van der Waals surface area contributed by atoms with E-state index in [1.54, 1.807) is 13.8 Å². The number of sulfonamides is 1. The van der Waals surface area contributed by atoms with Gasteiger partial charge in [-0.15, -0.1) is 0 Å². The van der Waals surface area contributed by atoms with Crippen molar-refractivity contribution >= 4 is 59.6 Å².